The highest BCUT2D eigenvalue weighted by atomic mass is 32.2. The second kappa shape index (κ2) is 6.25. The van der Waals surface area contributed by atoms with Crippen molar-refractivity contribution >= 4 is 17.5 Å². The normalized spacial score (nSPS) is 25.9. The molecule has 3 aromatic carbocycles. The van der Waals surface area contributed by atoms with Gasteiger partial charge in [-0.1, -0.05) is 60.7 Å². The first-order valence-corrected chi connectivity index (χ1v) is 9.79. The number of hydrogen-bond donors (Lipinski definition) is 0. The van der Waals surface area contributed by atoms with Gasteiger partial charge in [-0.25, -0.2) is 0 Å². The van der Waals surface area contributed by atoms with Crippen LogP contribution in [-0.2, 0) is 4.74 Å². The highest BCUT2D eigenvalue weighted by Crippen LogP contribution is 2.66. The zero-order valence-electron chi connectivity index (χ0n) is 14.8. The maximum absolute atomic E-state index is 13.5. The molecule has 1 spiro atoms. The highest BCUT2D eigenvalue weighted by molar-refractivity contribution is 7.99. The van der Waals surface area contributed by atoms with Gasteiger partial charge in [0.05, 0.1) is 12.4 Å². The van der Waals surface area contributed by atoms with Crippen LogP contribution in [0.15, 0.2) is 83.8 Å². The molecule has 0 bridgehead atoms. The summed E-state index contributed by atoms with van der Waals surface area (Å²) in [6.07, 6.45) is -0.248. The number of rotatable bonds is 3. The molecule has 1 saturated heterocycles. The van der Waals surface area contributed by atoms with Crippen LogP contribution in [0.4, 0.5) is 0 Å². The lowest BCUT2D eigenvalue weighted by Crippen LogP contribution is -2.35. The van der Waals surface area contributed by atoms with E-state index >= 15 is 0 Å². The van der Waals surface area contributed by atoms with E-state index in [4.69, 9.17) is 9.47 Å². The number of ketones is 1. The van der Waals surface area contributed by atoms with Crippen molar-refractivity contribution < 1.29 is 14.3 Å². The van der Waals surface area contributed by atoms with Crippen molar-refractivity contribution in [1.82, 2.24) is 0 Å². The Morgan fingerprint density at radius 2 is 1.59 bits per heavy atom. The maximum Gasteiger partial charge on any atom is 0.200 e. The molecule has 0 aromatic heterocycles. The number of benzene rings is 3. The Morgan fingerprint density at radius 1 is 0.889 bits per heavy atom. The summed E-state index contributed by atoms with van der Waals surface area (Å²) >= 11 is 1.72. The van der Waals surface area contributed by atoms with Gasteiger partial charge in [0.1, 0.15) is 11.9 Å². The number of carbonyl (C=O) groups excluding carboxylic acids is 1. The number of carbonyl (C=O) groups is 1. The minimum Gasteiger partial charge on any atom is -0.497 e. The predicted octanol–water partition coefficient (Wildman–Crippen LogP) is 5.24. The van der Waals surface area contributed by atoms with E-state index in [-0.39, 0.29) is 17.1 Å². The Balaban J connectivity index is 1.60. The molecule has 0 radical (unpaired) electrons. The fraction of sp³-hybridized carbons (Fsp3) is 0.174. The van der Waals surface area contributed by atoms with Gasteiger partial charge in [-0.15, -0.1) is 11.8 Å². The molecular weight excluding hydrogens is 356 g/mol. The number of hydrogen-bond acceptors (Lipinski definition) is 4. The van der Waals surface area contributed by atoms with Crippen molar-refractivity contribution in [2.75, 3.05) is 7.11 Å². The fourth-order valence-electron chi connectivity index (χ4n) is 3.87. The van der Waals surface area contributed by atoms with Gasteiger partial charge in [0.2, 0.25) is 0 Å². The molecule has 2 aliphatic heterocycles. The molecule has 3 aromatic rings. The predicted molar refractivity (Wildman–Crippen MR) is 105 cm³/mol. The van der Waals surface area contributed by atoms with Crippen molar-refractivity contribution in [2.24, 2.45) is 0 Å². The van der Waals surface area contributed by atoms with Crippen LogP contribution < -0.4 is 4.74 Å². The third-order valence-corrected chi connectivity index (χ3v) is 6.75. The van der Waals surface area contributed by atoms with Crippen LogP contribution >= 0.6 is 11.8 Å². The van der Waals surface area contributed by atoms with Gasteiger partial charge in [-0.05, 0) is 29.3 Å². The largest absolute Gasteiger partial charge is 0.497 e. The van der Waals surface area contributed by atoms with Crippen LogP contribution in [0.3, 0.4) is 0 Å². The van der Waals surface area contributed by atoms with Crippen LogP contribution in [0.1, 0.15) is 32.8 Å². The molecule has 3 unspecified atom stereocenters. The minimum atomic E-state index is -0.852. The molecule has 0 aliphatic carbocycles. The number of ether oxygens (including phenoxy) is 2. The SMILES string of the molecule is COc1ccc(C2OC23C(=O)c2ccccc2SC3c2ccccc2)cc1. The molecule has 5 rings (SSSR count). The monoisotopic (exact) mass is 374 g/mol. The molecule has 27 heavy (non-hydrogen) atoms. The molecule has 134 valence electrons. The molecule has 0 N–H and O–H groups in total. The Labute approximate surface area is 162 Å². The second-order valence-corrected chi connectivity index (χ2v) is 7.94. The summed E-state index contributed by atoms with van der Waals surface area (Å²) in [5.41, 5.74) is 2.02. The van der Waals surface area contributed by atoms with Gasteiger partial charge in [0.15, 0.2) is 11.4 Å². The number of Topliss-reactive ketones (excluding diaryl/α,β-unsaturated/α-hetero) is 1. The smallest absolute Gasteiger partial charge is 0.200 e. The number of fused-ring (bicyclic) bond motifs is 1. The molecule has 3 nitrogen and oxygen atoms in total. The second-order valence-electron chi connectivity index (χ2n) is 6.80. The number of methoxy groups -OCH3 is 1. The van der Waals surface area contributed by atoms with Crippen LogP contribution in [0.2, 0.25) is 0 Å². The molecule has 3 atom stereocenters. The highest BCUT2D eigenvalue weighted by Gasteiger charge is 2.69. The van der Waals surface area contributed by atoms with Crippen molar-refractivity contribution in [3.63, 3.8) is 0 Å². The Kier molecular flexibility index (Phi) is 3.85. The molecule has 2 aliphatic rings. The van der Waals surface area contributed by atoms with Crippen molar-refractivity contribution in [2.45, 2.75) is 21.9 Å². The van der Waals surface area contributed by atoms with E-state index in [1.165, 1.54) is 0 Å². The molecule has 0 saturated carbocycles. The summed E-state index contributed by atoms with van der Waals surface area (Å²) in [4.78, 5) is 14.5. The summed E-state index contributed by atoms with van der Waals surface area (Å²) in [5.74, 6) is 0.870. The summed E-state index contributed by atoms with van der Waals surface area (Å²) in [5, 5.41) is -0.0757. The lowest BCUT2D eigenvalue weighted by atomic mass is 9.85. The summed E-state index contributed by atoms with van der Waals surface area (Å²) in [6.45, 7) is 0. The van der Waals surface area contributed by atoms with Crippen molar-refractivity contribution in [3.05, 3.63) is 95.6 Å². The van der Waals surface area contributed by atoms with Crippen molar-refractivity contribution in [1.29, 1.82) is 0 Å². The lowest BCUT2D eigenvalue weighted by molar-refractivity contribution is 0.0861. The standard InChI is InChI=1S/C23H18O3S/c1-25-17-13-11-15(12-14-17)21-23(26-21)20(24)18-9-5-6-10-19(18)27-22(23)16-7-3-2-4-8-16/h2-14,21-22H,1H3. The average Bonchev–Trinajstić information content (AvgIpc) is 3.48. The Bertz CT molecular complexity index is 1000. The molecular formula is C23H18O3S. The van der Waals surface area contributed by atoms with Gasteiger partial charge in [0, 0.05) is 10.5 Å². The summed E-state index contributed by atoms with van der Waals surface area (Å²) < 4.78 is 11.5. The van der Waals surface area contributed by atoms with Gasteiger partial charge >= 0.3 is 0 Å². The first-order valence-electron chi connectivity index (χ1n) is 8.91. The average molecular weight is 374 g/mol. The van der Waals surface area contributed by atoms with E-state index in [9.17, 15) is 4.79 Å². The zero-order chi connectivity index (χ0) is 18.4. The number of thioether (sulfide) groups is 1. The Morgan fingerprint density at radius 3 is 2.33 bits per heavy atom. The van der Waals surface area contributed by atoms with Gasteiger partial charge in [-0.3, -0.25) is 4.79 Å². The quantitative estimate of drug-likeness (QED) is 0.588. The summed E-state index contributed by atoms with van der Waals surface area (Å²) in [7, 11) is 1.65. The summed E-state index contributed by atoms with van der Waals surface area (Å²) in [6, 6.07) is 25.8. The molecule has 2 heterocycles. The molecule has 4 heteroatoms. The number of epoxide rings is 1. The van der Waals surface area contributed by atoms with Crippen LogP contribution in [0.5, 0.6) is 5.75 Å². The van der Waals surface area contributed by atoms with Gasteiger partial charge in [0.25, 0.3) is 0 Å². The van der Waals surface area contributed by atoms with E-state index < -0.39 is 5.60 Å². The zero-order valence-corrected chi connectivity index (χ0v) is 15.6. The first-order chi connectivity index (χ1) is 13.2. The Hall–Kier alpha value is -2.56. The van der Waals surface area contributed by atoms with E-state index in [2.05, 4.69) is 12.1 Å². The maximum atomic E-state index is 13.5. The molecule has 1 fully saturated rings. The lowest BCUT2D eigenvalue weighted by Gasteiger charge is -2.30. The van der Waals surface area contributed by atoms with Crippen molar-refractivity contribution in [3.8, 4) is 5.75 Å². The molecule has 0 amide bonds. The van der Waals surface area contributed by atoms with Crippen LogP contribution in [0.25, 0.3) is 0 Å². The topological polar surface area (TPSA) is 38.8 Å². The van der Waals surface area contributed by atoms with E-state index in [0.29, 0.717) is 0 Å². The van der Waals surface area contributed by atoms with Gasteiger partial charge < -0.3 is 9.47 Å². The van der Waals surface area contributed by atoms with E-state index in [0.717, 1.165) is 27.3 Å². The third-order valence-electron chi connectivity index (χ3n) is 5.29. The van der Waals surface area contributed by atoms with E-state index in [1.54, 1.807) is 18.9 Å². The fourth-order valence-corrected chi connectivity index (χ4v) is 5.32. The third kappa shape index (κ3) is 2.52. The first kappa shape index (κ1) is 16.6. The van der Waals surface area contributed by atoms with Gasteiger partial charge in [-0.2, -0.15) is 0 Å². The van der Waals surface area contributed by atoms with Crippen LogP contribution in [-0.4, -0.2) is 18.5 Å². The van der Waals surface area contributed by atoms with E-state index in [1.807, 2.05) is 66.7 Å². The minimum absolute atomic E-state index is 0.0755. The van der Waals surface area contributed by atoms with Crippen LogP contribution in [0, 0.1) is 0 Å².